The number of esters is 3. The van der Waals surface area contributed by atoms with E-state index in [1.807, 2.05) is 6.07 Å². The third kappa shape index (κ3) is 6.82. The molecule has 0 N–H and O–H groups in total. The summed E-state index contributed by atoms with van der Waals surface area (Å²) >= 11 is 0. The Bertz CT molecular complexity index is 960. The van der Waals surface area contributed by atoms with Gasteiger partial charge in [-0.25, -0.2) is 0 Å². The molecule has 0 bridgehead atoms. The number of ether oxygens (including phenoxy) is 5. The molecule has 1 fully saturated rings. The molecule has 1 aromatic rings. The smallest absolute Gasteiger partial charge is 0.311 e. The monoisotopic (exact) mass is 456 g/mol. The molecule has 8 heteroatoms. The molecule has 1 aliphatic rings. The Morgan fingerprint density at radius 3 is 2.27 bits per heavy atom. The van der Waals surface area contributed by atoms with Crippen LogP contribution in [0, 0.1) is 29.6 Å². The van der Waals surface area contributed by atoms with E-state index in [2.05, 4.69) is 17.8 Å². The first kappa shape index (κ1) is 25.9. The average molecular weight is 456 g/mol. The van der Waals surface area contributed by atoms with Gasteiger partial charge in [0.25, 0.3) is 0 Å². The van der Waals surface area contributed by atoms with Crippen LogP contribution in [-0.4, -0.2) is 55.2 Å². The summed E-state index contributed by atoms with van der Waals surface area (Å²) < 4.78 is 27.9. The first-order valence-corrected chi connectivity index (χ1v) is 10.3. The zero-order valence-corrected chi connectivity index (χ0v) is 19.4. The van der Waals surface area contributed by atoms with Crippen LogP contribution >= 0.6 is 0 Å². The van der Waals surface area contributed by atoms with Crippen molar-refractivity contribution in [3.05, 3.63) is 35.9 Å². The van der Waals surface area contributed by atoms with E-state index in [4.69, 9.17) is 30.1 Å². The maximum atomic E-state index is 12.4. The normalized spacial score (nSPS) is 24.1. The van der Waals surface area contributed by atoms with Crippen LogP contribution in [0.15, 0.2) is 30.3 Å². The molecule has 0 aliphatic carbocycles. The number of benzene rings is 1. The third-order valence-electron chi connectivity index (χ3n) is 4.57. The maximum absolute atomic E-state index is 12.4. The third-order valence-corrected chi connectivity index (χ3v) is 4.57. The van der Waals surface area contributed by atoms with Crippen LogP contribution in [0.4, 0.5) is 0 Å². The standard InChI is InChI=1S/C25H28O8/c1-7-15-30-25(14-13-19-11-9-8-10-12-19)20(16-29-23(28)24(4,5)6)33-22(32-18(3)27)21(25)31-17(2)26/h1,8-12,20-22H,15-16H2,2-6H3/t20-,21+,22?,25-/m1/s1. The van der Waals surface area contributed by atoms with Crippen LogP contribution in [0.5, 0.6) is 0 Å². The summed E-state index contributed by atoms with van der Waals surface area (Å²) in [6, 6.07) is 8.99. The van der Waals surface area contributed by atoms with Gasteiger partial charge in [0, 0.05) is 19.4 Å². The fraction of sp³-hybridized carbons (Fsp3) is 0.480. The Morgan fingerprint density at radius 1 is 1.09 bits per heavy atom. The van der Waals surface area contributed by atoms with Gasteiger partial charge in [0.05, 0.1) is 5.41 Å². The van der Waals surface area contributed by atoms with Crippen LogP contribution in [-0.2, 0) is 38.1 Å². The Hall–Kier alpha value is -3.33. The molecule has 1 saturated heterocycles. The van der Waals surface area contributed by atoms with E-state index in [0.29, 0.717) is 5.56 Å². The molecule has 176 valence electrons. The van der Waals surface area contributed by atoms with Gasteiger partial charge in [-0.05, 0) is 32.9 Å². The molecule has 4 atom stereocenters. The fourth-order valence-corrected chi connectivity index (χ4v) is 3.04. The van der Waals surface area contributed by atoms with E-state index in [9.17, 15) is 14.4 Å². The van der Waals surface area contributed by atoms with Crippen molar-refractivity contribution in [3.63, 3.8) is 0 Å². The minimum absolute atomic E-state index is 0.221. The lowest BCUT2D eigenvalue weighted by Crippen LogP contribution is -2.53. The summed E-state index contributed by atoms with van der Waals surface area (Å²) in [4.78, 5) is 36.0. The van der Waals surface area contributed by atoms with Crippen molar-refractivity contribution in [2.24, 2.45) is 5.41 Å². The maximum Gasteiger partial charge on any atom is 0.311 e. The van der Waals surface area contributed by atoms with Gasteiger partial charge in [0.2, 0.25) is 18.0 Å². The zero-order valence-electron chi connectivity index (χ0n) is 19.4. The molecule has 2 rings (SSSR count). The lowest BCUT2D eigenvalue weighted by Gasteiger charge is -2.32. The van der Waals surface area contributed by atoms with E-state index in [1.54, 1.807) is 45.0 Å². The molecule has 1 aliphatic heterocycles. The Balaban J connectivity index is 2.56. The van der Waals surface area contributed by atoms with Crippen molar-refractivity contribution in [1.29, 1.82) is 0 Å². The molecule has 0 saturated carbocycles. The van der Waals surface area contributed by atoms with Crippen molar-refractivity contribution < 1.29 is 38.1 Å². The predicted octanol–water partition coefficient (Wildman–Crippen LogP) is 2.24. The zero-order chi connectivity index (χ0) is 24.6. The number of carbonyl (C=O) groups excluding carboxylic acids is 3. The Kier molecular flexibility index (Phi) is 8.64. The number of terminal acetylenes is 1. The summed E-state index contributed by atoms with van der Waals surface area (Å²) in [5.41, 5.74) is -1.82. The average Bonchev–Trinajstić information content (AvgIpc) is 3.00. The van der Waals surface area contributed by atoms with E-state index in [0.717, 1.165) is 0 Å². The van der Waals surface area contributed by atoms with Gasteiger partial charge in [0.1, 0.15) is 19.3 Å². The van der Waals surface area contributed by atoms with Crippen LogP contribution in [0.25, 0.3) is 0 Å². The van der Waals surface area contributed by atoms with Gasteiger partial charge in [-0.15, -0.1) is 6.42 Å². The first-order valence-electron chi connectivity index (χ1n) is 10.3. The molecule has 0 radical (unpaired) electrons. The van der Waals surface area contributed by atoms with Crippen LogP contribution in [0.2, 0.25) is 0 Å². The Morgan fingerprint density at radius 2 is 1.73 bits per heavy atom. The predicted molar refractivity (Wildman–Crippen MR) is 117 cm³/mol. The number of hydrogen-bond donors (Lipinski definition) is 0. The second kappa shape index (κ2) is 11.0. The van der Waals surface area contributed by atoms with E-state index < -0.39 is 47.4 Å². The van der Waals surface area contributed by atoms with E-state index >= 15 is 0 Å². The lowest BCUT2D eigenvalue weighted by atomic mass is 9.91. The summed E-state index contributed by atoms with van der Waals surface area (Å²) in [6.45, 7) is 6.94. The quantitative estimate of drug-likeness (QED) is 0.365. The topological polar surface area (TPSA) is 97.4 Å². The highest BCUT2D eigenvalue weighted by atomic mass is 16.8. The summed E-state index contributed by atoms with van der Waals surface area (Å²) in [5, 5.41) is 0. The van der Waals surface area contributed by atoms with Crippen molar-refractivity contribution in [2.75, 3.05) is 13.2 Å². The summed E-state index contributed by atoms with van der Waals surface area (Å²) in [6.07, 6.45) is 1.69. The van der Waals surface area contributed by atoms with Gasteiger partial charge < -0.3 is 23.7 Å². The minimum atomic E-state index is -1.69. The minimum Gasteiger partial charge on any atom is -0.462 e. The summed E-state index contributed by atoms with van der Waals surface area (Å²) in [5.74, 6) is 6.44. The molecule has 1 unspecified atom stereocenters. The molecular formula is C25H28O8. The van der Waals surface area contributed by atoms with E-state index in [-0.39, 0.29) is 13.2 Å². The molecular weight excluding hydrogens is 428 g/mol. The van der Waals surface area contributed by atoms with Gasteiger partial charge in [-0.2, -0.15) is 0 Å². The molecule has 0 aromatic heterocycles. The van der Waals surface area contributed by atoms with Gasteiger partial charge in [0.15, 0.2) is 0 Å². The SMILES string of the molecule is C#CCO[C@]1(C#Cc2ccccc2)[C@@H](COC(=O)C(C)(C)C)OC(OC(C)=O)[C@@H]1OC(C)=O. The summed E-state index contributed by atoms with van der Waals surface area (Å²) in [7, 11) is 0. The lowest BCUT2D eigenvalue weighted by molar-refractivity contribution is -0.198. The molecule has 8 nitrogen and oxygen atoms in total. The van der Waals surface area contributed by atoms with Crippen molar-refractivity contribution in [2.45, 2.75) is 58.7 Å². The highest BCUT2D eigenvalue weighted by Gasteiger charge is 2.61. The number of hydrogen-bond acceptors (Lipinski definition) is 8. The second-order valence-corrected chi connectivity index (χ2v) is 8.38. The van der Waals surface area contributed by atoms with Crippen LogP contribution < -0.4 is 0 Å². The van der Waals surface area contributed by atoms with Gasteiger partial charge in [-0.3, -0.25) is 14.4 Å². The molecule has 0 amide bonds. The highest BCUT2D eigenvalue weighted by molar-refractivity contribution is 5.75. The first-order chi connectivity index (χ1) is 15.5. The fourth-order valence-electron chi connectivity index (χ4n) is 3.04. The highest BCUT2D eigenvalue weighted by Crippen LogP contribution is 2.38. The van der Waals surface area contributed by atoms with Crippen molar-refractivity contribution in [1.82, 2.24) is 0 Å². The number of rotatable bonds is 6. The van der Waals surface area contributed by atoms with Crippen LogP contribution in [0.1, 0.15) is 40.2 Å². The molecule has 0 spiro atoms. The number of carbonyl (C=O) groups is 3. The van der Waals surface area contributed by atoms with Crippen molar-refractivity contribution >= 4 is 17.9 Å². The van der Waals surface area contributed by atoms with Crippen LogP contribution in [0.3, 0.4) is 0 Å². The second-order valence-electron chi connectivity index (χ2n) is 8.38. The molecule has 1 heterocycles. The van der Waals surface area contributed by atoms with Crippen molar-refractivity contribution in [3.8, 4) is 24.2 Å². The molecule has 33 heavy (non-hydrogen) atoms. The Labute approximate surface area is 193 Å². The molecule has 1 aromatic carbocycles. The van der Waals surface area contributed by atoms with Gasteiger partial charge in [-0.1, -0.05) is 36.0 Å². The largest absolute Gasteiger partial charge is 0.462 e. The van der Waals surface area contributed by atoms with E-state index in [1.165, 1.54) is 13.8 Å². The van der Waals surface area contributed by atoms with Gasteiger partial charge >= 0.3 is 17.9 Å².